The van der Waals surface area contributed by atoms with E-state index in [0.29, 0.717) is 12.5 Å². The van der Waals surface area contributed by atoms with E-state index in [0.717, 1.165) is 25.9 Å². The van der Waals surface area contributed by atoms with Crippen LogP contribution in [-0.2, 0) is 9.53 Å². The second-order valence-corrected chi connectivity index (χ2v) is 5.43. The van der Waals surface area contributed by atoms with Crippen LogP contribution in [-0.4, -0.2) is 31.1 Å². The third-order valence-corrected chi connectivity index (χ3v) is 3.85. The van der Waals surface area contributed by atoms with Crippen LogP contribution < -0.4 is 5.32 Å². The first-order valence-corrected chi connectivity index (χ1v) is 7.23. The molecule has 1 saturated heterocycles. The Kier molecular flexibility index (Phi) is 5.18. The van der Waals surface area contributed by atoms with E-state index in [9.17, 15) is 4.79 Å². The van der Waals surface area contributed by atoms with Crippen molar-refractivity contribution < 1.29 is 9.53 Å². The standard InChI is InChI=1S/C16H23NO2/c1-12(19-15-8-10-17-11-9-15)6-7-14-4-3-5-16(18)13(14)2/h3-4,12-15,17H,5,8-11H2,1-2H3/t12-,13?,14?/m1/s1. The fourth-order valence-corrected chi connectivity index (χ4v) is 2.52. The minimum absolute atomic E-state index is 0.0172. The predicted octanol–water partition coefficient (Wildman–Crippen LogP) is 1.93. The van der Waals surface area contributed by atoms with Crippen molar-refractivity contribution in [2.75, 3.05) is 13.1 Å². The van der Waals surface area contributed by atoms with Gasteiger partial charge in [0.25, 0.3) is 0 Å². The van der Waals surface area contributed by atoms with Crippen molar-refractivity contribution in [2.45, 2.75) is 45.3 Å². The number of allylic oxidation sites excluding steroid dienone is 2. The fourth-order valence-electron chi connectivity index (χ4n) is 2.52. The van der Waals surface area contributed by atoms with Crippen LogP contribution in [0.1, 0.15) is 33.1 Å². The third-order valence-electron chi connectivity index (χ3n) is 3.85. The Labute approximate surface area is 115 Å². The van der Waals surface area contributed by atoms with Crippen molar-refractivity contribution in [3.05, 3.63) is 12.2 Å². The lowest BCUT2D eigenvalue weighted by Crippen LogP contribution is -2.34. The average molecular weight is 261 g/mol. The SMILES string of the molecule is CC1C(=O)CC=CC1C#C[C@@H](C)OC1CCNCC1. The maximum absolute atomic E-state index is 11.6. The van der Waals surface area contributed by atoms with Gasteiger partial charge in [-0.15, -0.1) is 0 Å². The maximum Gasteiger partial charge on any atom is 0.140 e. The monoisotopic (exact) mass is 261 g/mol. The quantitative estimate of drug-likeness (QED) is 0.610. The zero-order valence-corrected chi connectivity index (χ0v) is 11.8. The molecular weight excluding hydrogens is 238 g/mol. The molecule has 0 aromatic heterocycles. The normalized spacial score (nSPS) is 29.7. The summed E-state index contributed by atoms with van der Waals surface area (Å²) in [6.07, 6.45) is 6.93. The lowest BCUT2D eigenvalue weighted by Gasteiger charge is -2.24. The molecule has 1 heterocycles. The Balaban J connectivity index is 1.86. The highest BCUT2D eigenvalue weighted by molar-refractivity contribution is 5.84. The number of carbonyl (C=O) groups is 1. The van der Waals surface area contributed by atoms with Crippen molar-refractivity contribution >= 4 is 5.78 Å². The summed E-state index contributed by atoms with van der Waals surface area (Å²) in [6, 6.07) is 0. The Morgan fingerprint density at radius 3 is 2.89 bits per heavy atom. The van der Waals surface area contributed by atoms with Gasteiger partial charge in [0.2, 0.25) is 0 Å². The van der Waals surface area contributed by atoms with Crippen LogP contribution >= 0.6 is 0 Å². The second-order valence-electron chi connectivity index (χ2n) is 5.43. The Morgan fingerprint density at radius 1 is 1.42 bits per heavy atom. The van der Waals surface area contributed by atoms with E-state index in [1.807, 2.05) is 19.9 Å². The van der Waals surface area contributed by atoms with Crippen LogP contribution in [0.2, 0.25) is 0 Å². The summed E-state index contributed by atoms with van der Waals surface area (Å²) >= 11 is 0. The molecule has 3 atom stereocenters. The van der Waals surface area contributed by atoms with Crippen LogP contribution in [0.4, 0.5) is 0 Å². The fraction of sp³-hybridized carbons (Fsp3) is 0.688. The molecule has 0 bridgehead atoms. The molecule has 0 spiro atoms. The highest BCUT2D eigenvalue weighted by atomic mass is 16.5. The predicted molar refractivity (Wildman–Crippen MR) is 75.6 cm³/mol. The molecule has 104 valence electrons. The number of ketones is 1. The maximum atomic E-state index is 11.6. The van der Waals surface area contributed by atoms with Gasteiger partial charge in [-0.2, -0.15) is 0 Å². The van der Waals surface area contributed by atoms with Crippen LogP contribution in [0.25, 0.3) is 0 Å². The number of piperidine rings is 1. The molecule has 2 unspecified atom stereocenters. The van der Waals surface area contributed by atoms with Crippen LogP contribution in [0, 0.1) is 23.7 Å². The number of hydrogen-bond acceptors (Lipinski definition) is 3. The molecule has 1 aliphatic heterocycles. The molecular formula is C16H23NO2. The number of carbonyl (C=O) groups excluding carboxylic acids is 1. The van der Waals surface area contributed by atoms with E-state index in [1.54, 1.807) is 0 Å². The molecule has 0 aromatic rings. The van der Waals surface area contributed by atoms with Gasteiger partial charge in [0.1, 0.15) is 11.9 Å². The molecule has 2 rings (SSSR count). The van der Waals surface area contributed by atoms with Crippen LogP contribution in [0.5, 0.6) is 0 Å². The zero-order valence-electron chi connectivity index (χ0n) is 11.8. The van der Waals surface area contributed by atoms with E-state index >= 15 is 0 Å². The van der Waals surface area contributed by atoms with Crippen LogP contribution in [0.3, 0.4) is 0 Å². The van der Waals surface area contributed by atoms with Gasteiger partial charge in [-0.3, -0.25) is 4.79 Å². The van der Waals surface area contributed by atoms with Gasteiger partial charge in [-0.25, -0.2) is 0 Å². The highest BCUT2D eigenvalue weighted by Crippen LogP contribution is 2.20. The van der Waals surface area contributed by atoms with E-state index < -0.39 is 0 Å². The van der Waals surface area contributed by atoms with Crippen molar-refractivity contribution in [2.24, 2.45) is 11.8 Å². The summed E-state index contributed by atoms with van der Waals surface area (Å²) < 4.78 is 5.92. The number of ether oxygens (including phenoxy) is 1. The number of hydrogen-bond donors (Lipinski definition) is 1. The van der Waals surface area contributed by atoms with E-state index in [1.165, 1.54) is 0 Å². The van der Waals surface area contributed by atoms with Crippen molar-refractivity contribution in [3.8, 4) is 11.8 Å². The lowest BCUT2D eigenvalue weighted by molar-refractivity contribution is -0.122. The van der Waals surface area contributed by atoms with Crippen LogP contribution in [0.15, 0.2) is 12.2 Å². The number of nitrogens with one attached hydrogen (secondary N) is 1. The summed E-state index contributed by atoms with van der Waals surface area (Å²) in [6.45, 7) is 6.01. The summed E-state index contributed by atoms with van der Waals surface area (Å²) in [5, 5.41) is 3.32. The molecule has 0 amide bonds. The van der Waals surface area contributed by atoms with Gasteiger partial charge in [0.05, 0.1) is 6.10 Å². The zero-order chi connectivity index (χ0) is 13.7. The Morgan fingerprint density at radius 2 is 2.16 bits per heavy atom. The Hall–Kier alpha value is -1.11. The largest absolute Gasteiger partial charge is 0.362 e. The van der Waals surface area contributed by atoms with E-state index in [2.05, 4.69) is 23.2 Å². The van der Waals surface area contributed by atoms with Crippen molar-refractivity contribution in [1.29, 1.82) is 0 Å². The van der Waals surface area contributed by atoms with Gasteiger partial charge < -0.3 is 10.1 Å². The molecule has 0 radical (unpaired) electrons. The van der Waals surface area contributed by atoms with Gasteiger partial charge in [-0.05, 0) is 32.9 Å². The van der Waals surface area contributed by atoms with E-state index in [4.69, 9.17) is 4.74 Å². The number of rotatable bonds is 2. The minimum atomic E-state index is -0.0549. The summed E-state index contributed by atoms with van der Waals surface area (Å²) in [4.78, 5) is 11.6. The van der Waals surface area contributed by atoms with Gasteiger partial charge in [0, 0.05) is 18.3 Å². The first-order valence-electron chi connectivity index (χ1n) is 7.23. The molecule has 1 fully saturated rings. The summed E-state index contributed by atoms with van der Waals surface area (Å²) in [5.74, 6) is 6.71. The van der Waals surface area contributed by atoms with E-state index in [-0.39, 0.29) is 23.7 Å². The second kappa shape index (κ2) is 6.88. The lowest BCUT2D eigenvalue weighted by atomic mass is 9.85. The van der Waals surface area contributed by atoms with Gasteiger partial charge in [-0.1, -0.05) is 30.9 Å². The number of Topliss-reactive ketones (excluding diaryl/α,β-unsaturated/α-hetero) is 1. The Bertz CT molecular complexity index is 399. The molecule has 0 aromatic carbocycles. The highest BCUT2D eigenvalue weighted by Gasteiger charge is 2.22. The first kappa shape index (κ1) is 14.3. The molecule has 3 nitrogen and oxygen atoms in total. The average Bonchev–Trinajstić information content (AvgIpc) is 2.42. The third kappa shape index (κ3) is 4.19. The summed E-state index contributed by atoms with van der Waals surface area (Å²) in [5.41, 5.74) is 0. The van der Waals surface area contributed by atoms with Crippen molar-refractivity contribution in [3.63, 3.8) is 0 Å². The van der Waals surface area contributed by atoms with Crippen molar-refractivity contribution in [1.82, 2.24) is 5.32 Å². The molecule has 1 aliphatic carbocycles. The first-order chi connectivity index (χ1) is 9.16. The summed E-state index contributed by atoms with van der Waals surface area (Å²) in [7, 11) is 0. The molecule has 1 N–H and O–H groups in total. The topological polar surface area (TPSA) is 38.3 Å². The van der Waals surface area contributed by atoms with Gasteiger partial charge in [0.15, 0.2) is 0 Å². The molecule has 3 heteroatoms. The molecule has 0 saturated carbocycles. The molecule has 19 heavy (non-hydrogen) atoms. The smallest absolute Gasteiger partial charge is 0.140 e. The minimum Gasteiger partial charge on any atom is -0.362 e. The molecule has 2 aliphatic rings. The van der Waals surface area contributed by atoms with Gasteiger partial charge >= 0.3 is 0 Å².